The molecule has 0 aliphatic rings. The van der Waals surface area contributed by atoms with Gasteiger partial charge in [-0.2, -0.15) is 0 Å². The number of carbonyl (C=O) groups excluding carboxylic acids is 1. The molecule has 1 amide bonds. The number of hydrogen-bond donors (Lipinski definition) is 1. The summed E-state index contributed by atoms with van der Waals surface area (Å²) < 4.78 is 5.15. The molecule has 0 atom stereocenters. The van der Waals surface area contributed by atoms with Crippen molar-refractivity contribution in [1.82, 2.24) is 0 Å². The van der Waals surface area contributed by atoms with Crippen molar-refractivity contribution in [2.45, 2.75) is 19.8 Å². The fraction of sp³-hybridized carbons (Fsp3) is 0.364. The highest BCUT2D eigenvalue weighted by Crippen LogP contribution is 2.28. The number of ether oxygens (including phenoxy) is 1. The molecule has 3 nitrogen and oxygen atoms in total. The van der Waals surface area contributed by atoms with Gasteiger partial charge in [0.2, 0.25) is 0 Å². The van der Waals surface area contributed by atoms with Gasteiger partial charge in [-0.05, 0) is 23.6 Å². The van der Waals surface area contributed by atoms with Gasteiger partial charge in [-0.15, -0.1) is 0 Å². The summed E-state index contributed by atoms with van der Waals surface area (Å²) in [6.07, 6.45) is 0. The molecule has 0 unspecified atom stereocenters. The molecule has 0 bridgehead atoms. The van der Waals surface area contributed by atoms with Crippen LogP contribution < -0.4 is 10.1 Å². The second kappa shape index (κ2) is 5.16. The predicted octanol–water partition coefficient (Wildman–Crippen LogP) is 3.75. The zero-order chi connectivity index (χ0) is 11.4. The first-order chi connectivity index (χ1) is 7.04. The van der Waals surface area contributed by atoms with Gasteiger partial charge in [0.15, 0.2) is 0 Å². The summed E-state index contributed by atoms with van der Waals surface area (Å²) in [7, 11) is 1.58. The number of anilines is 1. The number of methoxy groups -OCH3 is 1. The minimum atomic E-state index is -0.276. The minimum absolute atomic E-state index is 0.276. The molecule has 0 saturated carbocycles. The van der Waals surface area contributed by atoms with Gasteiger partial charge >= 0.3 is 0 Å². The molecule has 1 N–H and O–H groups in total. The predicted molar refractivity (Wildman–Crippen MR) is 65.0 cm³/mol. The fourth-order valence-electron chi connectivity index (χ4n) is 1.29. The molecule has 1 aromatic rings. The van der Waals surface area contributed by atoms with Crippen LogP contribution in [0.5, 0.6) is 5.75 Å². The lowest BCUT2D eigenvalue weighted by molar-refractivity contribution is 0.270. The number of benzene rings is 1. The molecule has 0 saturated heterocycles. The van der Waals surface area contributed by atoms with E-state index < -0.39 is 0 Å². The van der Waals surface area contributed by atoms with Gasteiger partial charge < -0.3 is 10.1 Å². The maximum atomic E-state index is 10.9. The Morgan fingerprint density at radius 2 is 2.13 bits per heavy atom. The second-order valence-corrected chi connectivity index (χ2v) is 4.23. The van der Waals surface area contributed by atoms with Gasteiger partial charge in [0, 0.05) is 15.9 Å². The van der Waals surface area contributed by atoms with Crippen LogP contribution in [-0.2, 0) is 0 Å². The van der Waals surface area contributed by atoms with Gasteiger partial charge in [0.25, 0.3) is 4.82 Å². The molecule has 0 radical (unpaired) electrons. The van der Waals surface area contributed by atoms with Crippen LogP contribution in [0.2, 0.25) is 0 Å². The fourth-order valence-corrected chi connectivity index (χ4v) is 1.50. The van der Waals surface area contributed by atoms with Gasteiger partial charge in [-0.25, -0.2) is 0 Å². The molecule has 4 heteroatoms. The third-order valence-electron chi connectivity index (χ3n) is 2.12. The number of hydrogen-bond acceptors (Lipinski definition) is 2. The summed E-state index contributed by atoms with van der Waals surface area (Å²) in [6.45, 7) is 4.20. The highest BCUT2D eigenvalue weighted by atomic mass is 79.9. The first kappa shape index (κ1) is 12.0. The molecule has 1 rings (SSSR count). The van der Waals surface area contributed by atoms with Crippen molar-refractivity contribution < 1.29 is 9.53 Å². The summed E-state index contributed by atoms with van der Waals surface area (Å²) in [4.78, 5) is 10.6. The second-order valence-electron chi connectivity index (χ2n) is 3.51. The van der Waals surface area contributed by atoms with Crippen molar-refractivity contribution in [2.24, 2.45) is 0 Å². The van der Waals surface area contributed by atoms with Crippen molar-refractivity contribution in [2.75, 3.05) is 12.4 Å². The quantitative estimate of drug-likeness (QED) is 0.672. The summed E-state index contributed by atoms with van der Waals surface area (Å²) in [5, 5.41) is 2.67. The lowest BCUT2D eigenvalue weighted by Gasteiger charge is -2.12. The smallest absolute Gasteiger partial charge is 0.291 e. The number of carbonyl (C=O) groups is 1. The highest BCUT2D eigenvalue weighted by Gasteiger charge is 2.08. The standard InChI is InChI=1S/C11H14BrNO2/c1-7(2)8-4-5-10(15-3)9(6-8)13-11(12)14/h4-7H,1-3H3,(H,13,14). The minimum Gasteiger partial charge on any atom is -0.495 e. The van der Waals surface area contributed by atoms with Gasteiger partial charge in [-0.1, -0.05) is 19.9 Å². The van der Waals surface area contributed by atoms with Crippen molar-refractivity contribution in [1.29, 1.82) is 0 Å². The van der Waals surface area contributed by atoms with Crippen molar-refractivity contribution in [3.05, 3.63) is 23.8 Å². The van der Waals surface area contributed by atoms with E-state index in [-0.39, 0.29) is 4.82 Å². The topological polar surface area (TPSA) is 38.3 Å². The van der Waals surface area contributed by atoms with E-state index in [1.54, 1.807) is 7.11 Å². The van der Waals surface area contributed by atoms with Crippen LogP contribution in [0.3, 0.4) is 0 Å². The van der Waals surface area contributed by atoms with Crippen molar-refractivity contribution >= 4 is 26.4 Å². The third kappa shape index (κ3) is 3.23. The largest absolute Gasteiger partial charge is 0.495 e. The van der Waals surface area contributed by atoms with Crippen LogP contribution in [0.1, 0.15) is 25.3 Å². The zero-order valence-corrected chi connectivity index (χ0v) is 10.6. The number of rotatable bonds is 3. The van der Waals surface area contributed by atoms with Crippen LogP contribution in [0, 0.1) is 0 Å². The van der Waals surface area contributed by atoms with E-state index in [2.05, 4.69) is 35.1 Å². The normalized spacial score (nSPS) is 10.2. The van der Waals surface area contributed by atoms with E-state index in [9.17, 15) is 4.79 Å². The van der Waals surface area contributed by atoms with E-state index in [1.807, 2.05) is 18.2 Å². The van der Waals surface area contributed by atoms with Crippen LogP contribution >= 0.6 is 15.9 Å². The van der Waals surface area contributed by atoms with E-state index in [0.717, 1.165) is 5.56 Å². The molecule has 1 aromatic carbocycles. The molecule has 0 fully saturated rings. The Kier molecular flexibility index (Phi) is 4.15. The average Bonchev–Trinajstić information content (AvgIpc) is 2.16. The molecular weight excluding hydrogens is 258 g/mol. The van der Waals surface area contributed by atoms with Gasteiger partial charge in [-0.3, -0.25) is 4.79 Å². The highest BCUT2D eigenvalue weighted by molar-refractivity contribution is 9.18. The monoisotopic (exact) mass is 271 g/mol. The molecule has 82 valence electrons. The molecule has 0 aromatic heterocycles. The number of amides is 1. The maximum absolute atomic E-state index is 10.9. The van der Waals surface area contributed by atoms with E-state index in [0.29, 0.717) is 17.4 Å². The molecule has 0 aliphatic heterocycles. The Morgan fingerprint density at radius 3 is 2.60 bits per heavy atom. The van der Waals surface area contributed by atoms with Crippen molar-refractivity contribution in [3.63, 3.8) is 0 Å². The Balaban J connectivity index is 3.07. The summed E-state index contributed by atoms with van der Waals surface area (Å²) in [5.74, 6) is 1.08. The summed E-state index contributed by atoms with van der Waals surface area (Å²) in [5.41, 5.74) is 1.85. The van der Waals surface area contributed by atoms with Crippen LogP contribution in [-0.4, -0.2) is 11.9 Å². The van der Waals surface area contributed by atoms with Crippen molar-refractivity contribution in [3.8, 4) is 5.75 Å². The van der Waals surface area contributed by atoms with Crippen LogP contribution in [0.25, 0.3) is 0 Å². The number of halogens is 1. The summed E-state index contributed by atoms with van der Waals surface area (Å²) in [6, 6.07) is 5.77. The Labute approximate surface area is 97.9 Å². The molecule has 15 heavy (non-hydrogen) atoms. The zero-order valence-electron chi connectivity index (χ0n) is 9.00. The molecule has 0 heterocycles. The van der Waals surface area contributed by atoms with E-state index in [4.69, 9.17) is 4.74 Å². The first-order valence-electron chi connectivity index (χ1n) is 4.69. The Morgan fingerprint density at radius 1 is 1.47 bits per heavy atom. The average molecular weight is 272 g/mol. The number of nitrogens with one attached hydrogen (secondary N) is 1. The lowest BCUT2D eigenvalue weighted by atomic mass is 10.0. The molecule has 0 spiro atoms. The van der Waals surface area contributed by atoms with Gasteiger partial charge in [0.1, 0.15) is 5.75 Å². The van der Waals surface area contributed by atoms with Crippen LogP contribution in [0.4, 0.5) is 10.5 Å². The van der Waals surface area contributed by atoms with Gasteiger partial charge in [0.05, 0.1) is 12.8 Å². The first-order valence-corrected chi connectivity index (χ1v) is 5.48. The van der Waals surface area contributed by atoms with Crippen LogP contribution in [0.15, 0.2) is 18.2 Å². The van der Waals surface area contributed by atoms with E-state index in [1.165, 1.54) is 0 Å². The maximum Gasteiger partial charge on any atom is 0.291 e. The Bertz CT molecular complexity index is 364. The SMILES string of the molecule is COc1ccc(C(C)C)cc1NC(=O)Br. The molecular formula is C11H14BrNO2. The molecule has 0 aliphatic carbocycles. The summed E-state index contributed by atoms with van der Waals surface area (Å²) >= 11 is 2.83. The third-order valence-corrected chi connectivity index (χ3v) is 2.32. The Hall–Kier alpha value is -1.03. The van der Waals surface area contributed by atoms with E-state index >= 15 is 0 Å². The lowest BCUT2D eigenvalue weighted by Crippen LogP contribution is -2.03.